The van der Waals surface area contributed by atoms with Gasteiger partial charge in [0.15, 0.2) is 0 Å². The second kappa shape index (κ2) is 7.81. The lowest BCUT2D eigenvalue weighted by Gasteiger charge is -2.10. The van der Waals surface area contributed by atoms with Gasteiger partial charge in [0, 0.05) is 18.3 Å². The van der Waals surface area contributed by atoms with Crippen molar-refractivity contribution in [2.45, 2.75) is 13.8 Å². The number of carbonyl (C=O) groups excluding carboxylic acids is 1. The number of hydrogen-bond donors (Lipinski definition) is 2. The van der Waals surface area contributed by atoms with Crippen molar-refractivity contribution in [1.29, 1.82) is 0 Å². The third kappa shape index (κ3) is 4.58. The minimum atomic E-state index is -0.0755. The van der Waals surface area contributed by atoms with E-state index in [1.165, 1.54) is 0 Å². The van der Waals surface area contributed by atoms with Gasteiger partial charge < -0.3 is 11.1 Å². The Labute approximate surface area is 130 Å². The van der Waals surface area contributed by atoms with E-state index < -0.39 is 0 Å². The average Bonchev–Trinajstić information content (AvgIpc) is 2.91. The molecule has 0 aliphatic carbocycles. The largest absolute Gasteiger partial charge is 0.352 e. The zero-order valence-electron chi connectivity index (χ0n) is 12.2. The number of amides is 1. The van der Waals surface area contributed by atoms with Crippen molar-refractivity contribution in [2.24, 2.45) is 11.7 Å². The summed E-state index contributed by atoms with van der Waals surface area (Å²) in [6.07, 6.45) is 3.74. The van der Waals surface area contributed by atoms with Crippen LogP contribution in [-0.2, 0) is 0 Å². The smallest absolute Gasteiger partial charge is 0.251 e. The number of carbonyl (C=O) groups is 1. The zero-order chi connectivity index (χ0) is 14.5. The van der Waals surface area contributed by atoms with E-state index in [9.17, 15) is 4.79 Å². The lowest BCUT2D eigenvalue weighted by atomic mass is 10.1. The molecule has 6 heteroatoms. The molecule has 1 aromatic carbocycles. The van der Waals surface area contributed by atoms with Crippen molar-refractivity contribution in [3.63, 3.8) is 0 Å². The summed E-state index contributed by atoms with van der Waals surface area (Å²) in [4.78, 5) is 11.9. The summed E-state index contributed by atoms with van der Waals surface area (Å²) < 4.78 is 1.79. The van der Waals surface area contributed by atoms with Crippen molar-refractivity contribution in [1.82, 2.24) is 15.1 Å². The first kappa shape index (κ1) is 17.2. The number of nitrogens with zero attached hydrogens (tertiary/aromatic N) is 2. The number of aromatic nitrogens is 2. The predicted octanol–water partition coefficient (Wildman–Crippen LogP) is 1.93. The van der Waals surface area contributed by atoms with Crippen molar-refractivity contribution < 1.29 is 4.79 Å². The molecule has 0 spiro atoms. The summed E-state index contributed by atoms with van der Waals surface area (Å²) in [6, 6.07) is 7.37. The Kier molecular flexibility index (Phi) is 6.39. The van der Waals surface area contributed by atoms with E-state index in [0.29, 0.717) is 18.7 Å². The van der Waals surface area contributed by atoms with Gasteiger partial charge in [-0.3, -0.25) is 4.79 Å². The van der Waals surface area contributed by atoms with Crippen LogP contribution >= 0.6 is 12.4 Å². The van der Waals surface area contributed by atoms with E-state index in [2.05, 4.69) is 10.4 Å². The fourth-order valence-electron chi connectivity index (χ4n) is 1.77. The molecule has 1 heterocycles. The van der Waals surface area contributed by atoms with E-state index in [1.807, 2.05) is 32.2 Å². The quantitative estimate of drug-likeness (QED) is 0.886. The highest BCUT2D eigenvalue weighted by molar-refractivity contribution is 5.94. The molecular weight excluding hydrogens is 288 g/mol. The maximum absolute atomic E-state index is 11.9. The number of aryl methyl sites for hydroxylation is 1. The monoisotopic (exact) mass is 308 g/mol. The summed E-state index contributed by atoms with van der Waals surface area (Å²) in [6.45, 7) is 5.15. The van der Waals surface area contributed by atoms with E-state index in [0.717, 1.165) is 11.3 Å². The van der Waals surface area contributed by atoms with Gasteiger partial charge in [0.2, 0.25) is 0 Å². The number of rotatable bonds is 5. The molecule has 2 rings (SSSR count). The zero-order valence-corrected chi connectivity index (χ0v) is 13.1. The molecule has 1 atom stereocenters. The van der Waals surface area contributed by atoms with Gasteiger partial charge in [-0.15, -0.1) is 12.4 Å². The summed E-state index contributed by atoms with van der Waals surface area (Å²) in [5.74, 6) is 0.207. The van der Waals surface area contributed by atoms with Gasteiger partial charge in [-0.25, -0.2) is 4.68 Å². The molecule has 0 saturated heterocycles. The molecule has 0 fully saturated rings. The summed E-state index contributed by atoms with van der Waals surface area (Å²) in [7, 11) is 0. The number of hydrogen-bond acceptors (Lipinski definition) is 3. The van der Waals surface area contributed by atoms with Gasteiger partial charge in [-0.05, 0) is 49.2 Å². The van der Waals surface area contributed by atoms with Gasteiger partial charge in [0.1, 0.15) is 0 Å². The van der Waals surface area contributed by atoms with Gasteiger partial charge in [-0.1, -0.05) is 6.92 Å². The summed E-state index contributed by atoms with van der Waals surface area (Å²) in [5, 5.41) is 7.10. The van der Waals surface area contributed by atoms with E-state index in [-0.39, 0.29) is 24.2 Å². The molecule has 0 aliphatic heterocycles. The van der Waals surface area contributed by atoms with Crippen LogP contribution in [0.5, 0.6) is 0 Å². The highest BCUT2D eigenvalue weighted by Crippen LogP contribution is 2.10. The van der Waals surface area contributed by atoms with Crippen LogP contribution in [0.25, 0.3) is 5.69 Å². The Morgan fingerprint density at radius 1 is 1.38 bits per heavy atom. The molecule has 21 heavy (non-hydrogen) atoms. The summed E-state index contributed by atoms with van der Waals surface area (Å²) >= 11 is 0. The van der Waals surface area contributed by atoms with Crippen LogP contribution in [0, 0.1) is 12.8 Å². The molecule has 1 unspecified atom stereocenters. The van der Waals surface area contributed by atoms with Gasteiger partial charge >= 0.3 is 0 Å². The second-order valence-corrected chi connectivity index (χ2v) is 5.06. The van der Waals surface area contributed by atoms with Crippen LogP contribution < -0.4 is 11.1 Å². The van der Waals surface area contributed by atoms with E-state index in [4.69, 9.17) is 5.73 Å². The third-order valence-corrected chi connectivity index (χ3v) is 3.12. The lowest BCUT2D eigenvalue weighted by Crippen LogP contribution is -2.31. The average molecular weight is 309 g/mol. The first-order valence-electron chi connectivity index (χ1n) is 6.70. The predicted molar refractivity (Wildman–Crippen MR) is 86.1 cm³/mol. The summed E-state index contributed by atoms with van der Waals surface area (Å²) in [5.41, 5.74) is 8.20. The molecule has 5 nitrogen and oxygen atoms in total. The number of nitrogens with two attached hydrogens (primary N) is 1. The number of halogens is 1. The molecule has 0 aliphatic rings. The first-order valence-corrected chi connectivity index (χ1v) is 6.70. The minimum Gasteiger partial charge on any atom is -0.352 e. The van der Waals surface area contributed by atoms with Crippen molar-refractivity contribution >= 4 is 18.3 Å². The topological polar surface area (TPSA) is 72.9 Å². The van der Waals surface area contributed by atoms with Crippen LogP contribution in [0.4, 0.5) is 0 Å². The molecule has 114 valence electrons. The third-order valence-electron chi connectivity index (χ3n) is 3.12. The van der Waals surface area contributed by atoms with Gasteiger partial charge in [-0.2, -0.15) is 5.10 Å². The first-order chi connectivity index (χ1) is 9.60. The lowest BCUT2D eigenvalue weighted by molar-refractivity contribution is 0.0948. The highest BCUT2D eigenvalue weighted by Gasteiger charge is 2.07. The number of nitrogens with one attached hydrogen (secondary N) is 1. The van der Waals surface area contributed by atoms with Crippen LogP contribution in [0.1, 0.15) is 22.8 Å². The Hall–Kier alpha value is -1.85. The van der Waals surface area contributed by atoms with Crippen LogP contribution in [0.2, 0.25) is 0 Å². The molecule has 0 saturated carbocycles. The van der Waals surface area contributed by atoms with Crippen LogP contribution in [-0.4, -0.2) is 28.8 Å². The highest BCUT2D eigenvalue weighted by atomic mass is 35.5. The minimum absolute atomic E-state index is 0. The number of benzene rings is 1. The van der Waals surface area contributed by atoms with Crippen LogP contribution in [0.3, 0.4) is 0 Å². The van der Waals surface area contributed by atoms with Crippen molar-refractivity contribution in [3.05, 3.63) is 47.8 Å². The molecular formula is C15H21ClN4O. The molecule has 1 amide bonds. The standard InChI is InChI=1S/C15H20N4O.ClH/c1-11(7-16)8-17-15(20)13-3-5-14(6-4-13)19-10-12(2)9-18-19;/h3-6,9-11H,7-8,16H2,1-2H3,(H,17,20);1H. The molecule has 0 bridgehead atoms. The maximum atomic E-state index is 11.9. The molecule has 3 N–H and O–H groups in total. The second-order valence-electron chi connectivity index (χ2n) is 5.06. The van der Waals surface area contributed by atoms with Crippen molar-refractivity contribution in [2.75, 3.05) is 13.1 Å². The fraction of sp³-hybridized carbons (Fsp3) is 0.333. The Balaban J connectivity index is 0.00000220. The van der Waals surface area contributed by atoms with E-state index in [1.54, 1.807) is 23.0 Å². The van der Waals surface area contributed by atoms with Gasteiger partial charge in [0.25, 0.3) is 5.91 Å². The molecule has 0 radical (unpaired) electrons. The SMILES string of the molecule is Cc1cnn(-c2ccc(C(=O)NCC(C)CN)cc2)c1.Cl. The molecule has 2 aromatic rings. The van der Waals surface area contributed by atoms with Crippen LogP contribution in [0.15, 0.2) is 36.7 Å². The fourth-order valence-corrected chi connectivity index (χ4v) is 1.77. The van der Waals surface area contributed by atoms with Gasteiger partial charge in [0.05, 0.1) is 11.9 Å². The normalized spacial score (nSPS) is 11.6. The Morgan fingerprint density at radius 3 is 2.57 bits per heavy atom. The Morgan fingerprint density at radius 2 is 2.05 bits per heavy atom. The Bertz CT molecular complexity index is 580. The van der Waals surface area contributed by atoms with Crippen molar-refractivity contribution in [3.8, 4) is 5.69 Å². The maximum Gasteiger partial charge on any atom is 0.251 e. The molecule has 1 aromatic heterocycles. The van der Waals surface area contributed by atoms with E-state index >= 15 is 0 Å².